The third kappa shape index (κ3) is 4.16. The molecule has 0 aliphatic carbocycles. The highest BCUT2D eigenvalue weighted by molar-refractivity contribution is 7.98. The molecule has 0 bridgehead atoms. The van der Waals surface area contributed by atoms with Crippen molar-refractivity contribution in [2.45, 2.75) is 5.16 Å². The molecule has 0 atom stereocenters. The summed E-state index contributed by atoms with van der Waals surface area (Å²) in [7, 11) is 0. The van der Waals surface area contributed by atoms with Crippen LogP contribution in [-0.4, -0.2) is 32.3 Å². The molecule has 5 nitrogen and oxygen atoms in total. The van der Waals surface area contributed by atoms with Crippen LogP contribution in [0.25, 0.3) is 10.9 Å². The number of thioether (sulfide) groups is 1. The molecule has 3 aromatic rings. The van der Waals surface area contributed by atoms with E-state index in [1.807, 2.05) is 12.3 Å². The highest BCUT2D eigenvalue weighted by Crippen LogP contribution is 2.20. The van der Waals surface area contributed by atoms with Crippen LogP contribution in [-0.2, 0) is 0 Å². The lowest BCUT2D eigenvalue weighted by atomic mass is 10.2. The molecule has 0 saturated carbocycles. The number of carboxylic acid groups (broad SMARTS) is 1. The number of pyridine rings is 1. The number of hydrogen-bond acceptors (Lipinski definition) is 5. The van der Waals surface area contributed by atoms with E-state index in [1.54, 1.807) is 42.7 Å². The van der Waals surface area contributed by atoms with Gasteiger partial charge in [-0.1, -0.05) is 41.6 Å². The Kier molecular flexibility index (Phi) is 5.68. The second-order valence-electron chi connectivity index (χ2n) is 4.07. The van der Waals surface area contributed by atoms with Gasteiger partial charge in [-0.3, -0.25) is 0 Å². The van der Waals surface area contributed by atoms with Crippen molar-refractivity contribution in [3.63, 3.8) is 0 Å². The molecule has 0 aliphatic rings. The number of carboxylic acids is 1. The standard InChI is InChI=1S/C8H6ClN3S.C7H6O2/c1-13-8-11-4-5-2-3-10-7(9)6(5)12-8;8-7(9)6-4-2-1-3-5-6/h2-4H,1H3;1-5H,(H,8,9). The van der Waals surface area contributed by atoms with Crippen LogP contribution in [0.15, 0.2) is 53.9 Å². The molecule has 7 heteroatoms. The predicted octanol–water partition coefficient (Wildman–Crippen LogP) is 3.78. The van der Waals surface area contributed by atoms with Gasteiger partial charge in [-0.15, -0.1) is 0 Å². The van der Waals surface area contributed by atoms with Gasteiger partial charge >= 0.3 is 5.97 Å². The molecule has 22 heavy (non-hydrogen) atoms. The smallest absolute Gasteiger partial charge is 0.335 e. The number of halogens is 1. The molecular weight excluding hydrogens is 322 g/mol. The van der Waals surface area contributed by atoms with E-state index in [0.29, 0.717) is 21.4 Å². The topological polar surface area (TPSA) is 76.0 Å². The number of aromatic nitrogens is 3. The van der Waals surface area contributed by atoms with Crippen LogP contribution in [0.3, 0.4) is 0 Å². The van der Waals surface area contributed by atoms with E-state index in [-0.39, 0.29) is 0 Å². The fourth-order valence-corrected chi connectivity index (χ4v) is 2.13. The van der Waals surface area contributed by atoms with Crippen LogP contribution in [0.1, 0.15) is 10.4 Å². The summed E-state index contributed by atoms with van der Waals surface area (Å²) in [5.41, 5.74) is 1.04. The molecule has 0 unspecified atom stereocenters. The van der Waals surface area contributed by atoms with Crippen molar-refractivity contribution in [1.29, 1.82) is 0 Å². The number of carbonyl (C=O) groups is 1. The van der Waals surface area contributed by atoms with E-state index >= 15 is 0 Å². The van der Waals surface area contributed by atoms with Crippen LogP contribution in [0, 0.1) is 0 Å². The van der Waals surface area contributed by atoms with E-state index in [4.69, 9.17) is 16.7 Å². The third-order valence-corrected chi connectivity index (χ3v) is 3.47. The molecule has 0 aliphatic heterocycles. The van der Waals surface area contributed by atoms with Crippen molar-refractivity contribution in [1.82, 2.24) is 15.0 Å². The Morgan fingerprint density at radius 3 is 2.50 bits per heavy atom. The van der Waals surface area contributed by atoms with Gasteiger partial charge in [0.15, 0.2) is 10.3 Å². The Morgan fingerprint density at radius 2 is 1.91 bits per heavy atom. The number of aromatic carboxylic acids is 1. The SMILES string of the molecule is CSc1ncc2ccnc(Cl)c2n1.O=C(O)c1ccccc1. The number of fused-ring (bicyclic) bond motifs is 1. The Bertz CT molecular complexity index is 784. The Hall–Kier alpha value is -2.18. The molecule has 2 heterocycles. The second-order valence-corrected chi connectivity index (χ2v) is 5.20. The number of hydrogen-bond donors (Lipinski definition) is 1. The van der Waals surface area contributed by atoms with Gasteiger partial charge in [0.2, 0.25) is 0 Å². The minimum absolute atomic E-state index is 0.331. The van der Waals surface area contributed by atoms with Gasteiger partial charge in [0, 0.05) is 17.8 Å². The normalized spacial score (nSPS) is 9.91. The van der Waals surface area contributed by atoms with Crippen molar-refractivity contribution in [3.8, 4) is 0 Å². The predicted molar refractivity (Wildman–Crippen MR) is 87.5 cm³/mol. The van der Waals surface area contributed by atoms with Gasteiger partial charge in [0.25, 0.3) is 0 Å². The van der Waals surface area contributed by atoms with Crippen molar-refractivity contribution < 1.29 is 9.90 Å². The van der Waals surface area contributed by atoms with Crippen LogP contribution in [0.5, 0.6) is 0 Å². The molecule has 1 N–H and O–H groups in total. The molecule has 112 valence electrons. The summed E-state index contributed by atoms with van der Waals surface area (Å²) in [4.78, 5) is 22.5. The highest BCUT2D eigenvalue weighted by Gasteiger charge is 2.02. The van der Waals surface area contributed by atoms with Crippen LogP contribution in [0.4, 0.5) is 0 Å². The summed E-state index contributed by atoms with van der Waals surface area (Å²) < 4.78 is 0. The highest BCUT2D eigenvalue weighted by atomic mass is 35.5. The van der Waals surface area contributed by atoms with Gasteiger partial charge < -0.3 is 5.11 Å². The average molecular weight is 334 g/mol. The minimum atomic E-state index is -0.879. The van der Waals surface area contributed by atoms with Crippen molar-refractivity contribution in [2.24, 2.45) is 0 Å². The fraction of sp³-hybridized carbons (Fsp3) is 0.0667. The molecule has 2 aromatic heterocycles. The summed E-state index contributed by atoms with van der Waals surface area (Å²) >= 11 is 7.36. The number of benzene rings is 1. The van der Waals surface area contributed by atoms with Crippen molar-refractivity contribution in [2.75, 3.05) is 6.26 Å². The van der Waals surface area contributed by atoms with Crippen molar-refractivity contribution >= 4 is 40.2 Å². The molecular formula is C15H12ClN3O2S. The van der Waals surface area contributed by atoms with Gasteiger partial charge in [0.05, 0.1) is 5.56 Å². The molecule has 0 amide bonds. The lowest BCUT2D eigenvalue weighted by molar-refractivity contribution is 0.0697. The van der Waals surface area contributed by atoms with E-state index in [0.717, 1.165) is 5.39 Å². The largest absolute Gasteiger partial charge is 0.478 e. The zero-order valence-electron chi connectivity index (χ0n) is 11.6. The van der Waals surface area contributed by atoms with E-state index in [1.165, 1.54) is 11.8 Å². The van der Waals surface area contributed by atoms with Crippen LogP contribution in [0.2, 0.25) is 5.15 Å². The lowest BCUT2D eigenvalue weighted by Crippen LogP contribution is -1.93. The second kappa shape index (κ2) is 7.72. The first-order chi connectivity index (χ1) is 10.6. The Balaban J connectivity index is 0.000000172. The zero-order chi connectivity index (χ0) is 15.9. The van der Waals surface area contributed by atoms with Crippen LogP contribution >= 0.6 is 23.4 Å². The maximum atomic E-state index is 10.2. The first kappa shape index (κ1) is 16.2. The molecule has 0 fully saturated rings. The first-order valence-corrected chi connectivity index (χ1v) is 7.81. The number of rotatable bonds is 2. The quantitative estimate of drug-likeness (QED) is 0.437. The molecule has 0 saturated heterocycles. The molecule has 0 spiro atoms. The fourth-order valence-electron chi connectivity index (χ4n) is 1.59. The van der Waals surface area contributed by atoms with Crippen LogP contribution < -0.4 is 0 Å². The van der Waals surface area contributed by atoms with E-state index in [2.05, 4.69) is 15.0 Å². The summed E-state index contributed by atoms with van der Waals surface area (Å²) in [6, 6.07) is 10.1. The molecule has 0 radical (unpaired) electrons. The van der Waals surface area contributed by atoms with Crippen molar-refractivity contribution in [3.05, 3.63) is 59.5 Å². The summed E-state index contributed by atoms with van der Waals surface area (Å²) in [6.07, 6.45) is 5.32. The zero-order valence-corrected chi connectivity index (χ0v) is 13.2. The van der Waals surface area contributed by atoms with E-state index in [9.17, 15) is 4.79 Å². The van der Waals surface area contributed by atoms with Gasteiger partial charge in [0.1, 0.15) is 5.52 Å². The van der Waals surface area contributed by atoms with Gasteiger partial charge in [-0.2, -0.15) is 0 Å². The molecule has 1 aromatic carbocycles. The molecule has 3 rings (SSSR count). The minimum Gasteiger partial charge on any atom is -0.478 e. The number of nitrogens with zero attached hydrogens (tertiary/aromatic N) is 3. The van der Waals surface area contributed by atoms with E-state index < -0.39 is 5.97 Å². The monoisotopic (exact) mass is 333 g/mol. The maximum Gasteiger partial charge on any atom is 0.335 e. The average Bonchev–Trinajstić information content (AvgIpc) is 2.56. The first-order valence-electron chi connectivity index (χ1n) is 6.21. The lowest BCUT2D eigenvalue weighted by Gasteiger charge is -1.99. The van der Waals surface area contributed by atoms with Gasteiger partial charge in [-0.05, 0) is 24.5 Å². The van der Waals surface area contributed by atoms with Gasteiger partial charge in [-0.25, -0.2) is 19.7 Å². The Morgan fingerprint density at radius 1 is 1.18 bits per heavy atom. The summed E-state index contributed by atoms with van der Waals surface area (Å²) in [6.45, 7) is 0. The third-order valence-electron chi connectivity index (χ3n) is 2.64. The summed E-state index contributed by atoms with van der Waals surface area (Å²) in [5, 5.41) is 10.4. The Labute approximate surface area is 136 Å². The maximum absolute atomic E-state index is 10.2. The summed E-state index contributed by atoms with van der Waals surface area (Å²) in [5.74, 6) is -0.879.